The molecule has 3 atom stereocenters. The number of hydrogen-bond donors (Lipinski definition) is 7. The van der Waals surface area contributed by atoms with Gasteiger partial charge in [0.1, 0.15) is 6.10 Å². The second kappa shape index (κ2) is 6.26. The van der Waals surface area contributed by atoms with Crippen molar-refractivity contribution in [3.05, 3.63) is 0 Å². The van der Waals surface area contributed by atoms with E-state index in [0.717, 1.165) is 0 Å². The Balaban J connectivity index is 4.23. The van der Waals surface area contributed by atoms with Crippen molar-refractivity contribution in [2.75, 3.05) is 6.16 Å². The van der Waals surface area contributed by atoms with Gasteiger partial charge < -0.3 is 25.1 Å². The molecule has 96 valence electrons. The third kappa shape index (κ3) is 5.52. The molecule has 0 aromatic carbocycles. The normalized spacial score (nSPS) is 17.6. The summed E-state index contributed by atoms with van der Waals surface area (Å²) in [4.78, 5) is 27.7. The lowest BCUT2D eigenvalue weighted by Crippen LogP contribution is -2.49. The molecule has 1 amide bonds. The van der Waals surface area contributed by atoms with Gasteiger partial charge in [-0.3, -0.25) is 14.8 Å². The molecule has 0 aliphatic rings. The smallest absolute Gasteiger partial charge is 0.325 e. The van der Waals surface area contributed by atoms with Crippen LogP contribution < -0.4 is 11.3 Å². The van der Waals surface area contributed by atoms with E-state index in [-0.39, 0.29) is 0 Å². The van der Waals surface area contributed by atoms with Gasteiger partial charge >= 0.3 is 7.60 Å². The number of rotatable bonds is 6. The van der Waals surface area contributed by atoms with Crippen molar-refractivity contribution < 1.29 is 34.5 Å². The Morgan fingerprint density at radius 3 is 2.19 bits per heavy atom. The fourth-order valence-electron chi connectivity index (χ4n) is 0.922. The van der Waals surface area contributed by atoms with Crippen LogP contribution in [-0.4, -0.2) is 55.5 Å². The molecule has 0 radical (unpaired) electrons. The minimum atomic E-state index is -4.30. The van der Waals surface area contributed by atoms with Crippen molar-refractivity contribution in [2.24, 2.45) is 5.84 Å². The van der Waals surface area contributed by atoms with E-state index in [4.69, 9.17) is 14.9 Å². The lowest BCUT2D eigenvalue weighted by Gasteiger charge is -2.21. The van der Waals surface area contributed by atoms with Crippen molar-refractivity contribution in [3.63, 3.8) is 0 Å². The van der Waals surface area contributed by atoms with E-state index < -0.39 is 44.4 Å². The SMILES string of the molecule is NNC(=O)[C@@H](O)[C@H](O)[C@H](O)CCP(=O)(O)O. The molecular formula is C6H15N2O7P. The zero-order chi connectivity index (χ0) is 12.9. The average molecular weight is 258 g/mol. The Bertz CT molecular complexity index is 280. The van der Waals surface area contributed by atoms with Crippen molar-refractivity contribution in [1.29, 1.82) is 0 Å². The van der Waals surface area contributed by atoms with Crippen molar-refractivity contribution in [2.45, 2.75) is 24.7 Å². The Kier molecular flexibility index (Phi) is 6.05. The van der Waals surface area contributed by atoms with Gasteiger partial charge in [-0.2, -0.15) is 0 Å². The first-order valence-electron chi connectivity index (χ1n) is 4.28. The van der Waals surface area contributed by atoms with E-state index in [1.165, 1.54) is 0 Å². The van der Waals surface area contributed by atoms with Gasteiger partial charge in [0.2, 0.25) is 0 Å². The minimum absolute atomic E-state index is 0.458. The number of nitrogens with two attached hydrogens (primary N) is 1. The van der Waals surface area contributed by atoms with E-state index in [1.807, 2.05) is 0 Å². The summed E-state index contributed by atoms with van der Waals surface area (Å²) < 4.78 is 10.5. The van der Waals surface area contributed by atoms with Gasteiger partial charge in [-0.15, -0.1) is 0 Å². The summed E-state index contributed by atoms with van der Waals surface area (Å²) >= 11 is 0. The van der Waals surface area contributed by atoms with Crippen molar-refractivity contribution in [3.8, 4) is 0 Å². The molecule has 0 aromatic heterocycles. The van der Waals surface area contributed by atoms with Crippen LogP contribution >= 0.6 is 7.60 Å². The van der Waals surface area contributed by atoms with Crippen LogP contribution in [0.25, 0.3) is 0 Å². The fourth-order valence-corrected chi connectivity index (χ4v) is 1.52. The van der Waals surface area contributed by atoms with Crippen LogP contribution in [0.3, 0.4) is 0 Å². The Hall–Kier alpha value is -0.540. The molecule has 0 saturated heterocycles. The highest BCUT2D eigenvalue weighted by Gasteiger charge is 2.31. The van der Waals surface area contributed by atoms with Crippen LogP contribution in [0.4, 0.5) is 0 Å². The molecule has 0 saturated carbocycles. The van der Waals surface area contributed by atoms with Gasteiger partial charge in [0.05, 0.1) is 12.3 Å². The number of aliphatic hydroxyl groups is 3. The molecule has 0 fully saturated rings. The lowest BCUT2D eigenvalue weighted by molar-refractivity contribution is -0.140. The Labute approximate surface area is 91.0 Å². The highest BCUT2D eigenvalue weighted by atomic mass is 31.2. The van der Waals surface area contributed by atoms with E-state index in [1.54, 1.807) is 5.43 Å². The van der Waals surface area contributed by atoms with Crippen molar-refractivity contribution >= 4 is 13.5 Å². The van der Waals surface area contributed by atoms with E-state index in [9.17, 15) is 19.6 Å². The fraction of sp³-hybridized carbons (Fsp3) is 0.833. The van der Waals surface area contributed by atoms with Crippen LogP contribution in [0.5, 0.6) is 0 Å². The summed E-state index contributed by atoms with van der Waals surface area (Å²) in [6.07, 6.45) is -6.59. The van der Waals surface area contributed by atoms with Gasteiger partial charge in [0, 0.05) is 0 Å². The van der Waals surface area contributed by atoms with Crippen LogP contribution in [0.1, 0.15) is 6.42 Å². The quantitative estimate of drug-likeness (QED) is 0.112. The van der Waals surface area contributed by atoms with Gasteiger partial charge in [0.15, 0.2) is 6.10 Å². The predicted octanol–water partition coefficient (Wildman–Crippen LogP) is -3.37. The van der Waals surface area contributed by atoms with Gasteiger partial charge in [-0.05, 0) is 6.42 Å². The molecule has 0 aliphatic heterocycles. The van der Waals surface area contributed by atoms with E-state index in [0.29, 0.717) is 0 Å². The summed E-state index contributed by atoms with van der Waals surface area (Å²) in [5, 5.41) is 27.5. The predicted molar refractivity (Wildman–Crippen MR) is 51.9 cm³/mol. The third-order valence-electron chi connectivity index (χ3n) is 1.84. The number of carbonyl (C=O) groups is 1. The summed E-state index contributed by atoms with van der Waals surface area (Å²) in [7, 11) is -4.30. The summed E-state index contributed by atoms with van der Waals surface area (Å²) in [6.45, 7) is 0. The van der Waals surface area contributed by atoms with Crippen LogP contribution in [0.2, 0.25) is 0 Å². The molecule has 0 heterocycles. The molecule has 0 unspecified atom stereocenters. The first-order valence-corrected chi connectivity index (χ1v) is 6.08. The summed E-state index contributed by atoms with van der Waals surface area (Å²) in [5.74, 6) is 3.57. The zero-order valence-electron chi connectivity index (χ0n) is 8.22. The van der Waals surface area contributed by atoms with Crippen molar-refractivity contribution in [1.82, 2.24) is 5.43 Å². The molecule has 16 heavy (non-hydrogen) atoms. The second-order valence-corrected chi connectivity index (χ2v) is 4.96. The maximum absolute atomic E-state index is 10.7. The summed E-state index contributed by atoms with van der Waals surface area (Å²) in [6, 6.07) is 0. The molecular weight excluding hydrogens is 243 g/mol. The molecule has 0 aromatic rings. The molecule has 8 N–H and O–H groups in total. The van der Waals surface area contributed by atoms with Crippen LogP contribution in [0.15, 0.2) is 0 Å². The van der Waals surface area contributed by atoms with Crippen LogP contribution in [-0.2, 0) is 9.36 Å². The second-order valence-electron chi connectivity index (χ2n) is 3.19. The van der Waals surface area contributed by atoms with Crippen LogP contribution in [0, 0.1) is 0 Å². The van der Waals surface area contributed by atoms with E-state index in [2.05, 4.69) is 5.84 Å². The first-order chi connectivity index (χ1) is 7.19. The molecule has 0 spiro atoms. The maximum atomic E-state index is 10.7. The molecule has 0 rings (SSSR count). The standard InChI is InChI=1S/C6H15N2O7P/c7-8-6(12)5(11)4(10)3(9)1-2-16(13,14)15/h3-5,9-11H,1-2,7H2,(H,8,12)(H2,13,14,15)/t3-,4-,5+/m1/s1. The number of hydrogen-bond acceptors (Lipinski definition) is 6. The topological polar surface area (TPSA) is 173 Å². The Morgan fingerprint density at radius 1 is 1.31 bits per heavy atom. The lowest BCUT2D eigenvalue weighted by atomic mass is 10.1. The highest BCUT2D eigenvalue weighted by Crippen LogP contribution is 2.35. The number of amides is 1. The summed E-state index contributed by atoms with van der Waals surface area (Å²) in [5.41, 5.74) is 1.56. The molecule has 10 heteroatoms. The third-order valence-corrected chi connectivity index (χ3v) is 2.69. The number of nitrogens with one attached hydrogen (secondary N) is 1. The Morgan fingerprint density at radius 2 is 1.81 bits per heavy atom. The first kappa shape index (κ1) is 15.5. The van der Waals surface area contributed by atoms with E-state index >= 15 is 0 Å². The molecule has 0 bridgehead atoms. The molecule has 9 nitrogen and oxygen atoms in total. The molecule has 0 aliphatic carbocycles. The maximum Gasteiger partial charge on any atom is 0.325 e. The van der Waals surface area contributed by atoms with Gasteiger partial charge in [0.25, 0.3) is 5.91 Å². The highest BCUT2D eigenvalue weighted by molar-refractivity contribution is 7.51. The largest absolute Gasteiger partial charge is 0.390 e. The number of hydrazine groups is 1. The minimum Gasteiger partial charge on any atom is -0.390 e. The average Bonchev–Trinajstić information content (AvgIpc) is 2.21. The van der Waals surface area contributed by atoms with Gasteiger partial charge in [-0.25, -0.2) is 5.84 Å². The monoisotopic (exact) mass is 258 g/mol. The number of aliphatic hydroxyl groups excluding tert-OH is 3. The number of carbonyl (C=O) groups excluding carboxylic acids is 1. The zero-order valence-corrected chi connectivity index (χ0v) is 9.12. The van der Waals surface area contributed by atoms with Gasteiger partial charge in [-0.1, -0.05) is 0 Å².